The molecule has 0 spiro atoms. The lowest BCUT2D eigenvalue weighted by atomic mass is 10.2. The zero-order valence-corrected chi connectivity index (χ0v) is 13.6. The van der Waals surface area contributed by atoms with E-state index in [2.05, 4.69) is 12.2 Å². The highest BCUT2D eigenvalue weighted by atomic mass is 32.2. The third-order valence-corrected chi connectivity index (χ3v) is 4.85. The van der Waals surface area contributed by atoms with Crippen LogP contribution in [0.25, 0.3) is 0 Å². The molecule has 2 rings (SSSR count). The standard InChI is InChI=1S/C16H22N2O3S/c1-2-3-8-18(9-10-19)15(20)11-14-16(21)17-12-6-4-5-7-13(12)22-14/h4-7,14,19H,2-3,8-11H2,1H3,(H,17,21). The predicted molar refractivity (Wildman–Crippen MR) is 87.9 cm³/mol. The summed E-state index contributed by atoms with van der Waals surface area (Å²) in [5.74, 6) is -0.203. The van der Waals surface area contributed by atoms with Gasteiger partial charge in [-0.2, -0.15) is 0 Å². The van der Waals surface area contributed by atoms with Crippen LogP contribution in [0.3, 0.4) is 0 Å². The third-order valence-electron chi connectivity index (χ3n) is 3.57. The van der Waals surface area contributed by atoms with Gasteiger partial charge in [0.2, 0.25) is 11.8 Å². The number of amides is 2. The Morgan fingerprint density at radius 2 is 2.14 bits per heavy atom. The maximum Gasteiger partial charge on any atom is 0.238 e. The molecule has 1 aromatic carbocycles. The summed E-state index contributed by atoms with van der Waals surface area (Å²) in [7, 11) is 0. The number of aliphatic hydroxyl groups is 1. The van der Waals surface area contributed by atoms with E-state index in [0.717, 1.165) is 23.4 Å². The van der Waals surface area contributed by atoms with E-state index in [1.165, 1.54) is 11.8 Å². The molecule has 0 radical (unpaired) electrons. The smallest absolute Gasteiger partial charge is 0.238 e. The number of fused-ring (bicyclic) bond motifs is 1. The van der Waals surface area contributed by atoms with E-state index >= 15 is 0 Å². The van der Waals surface area contributed by atoms with Crippen LogP contribution in [0.15, 0.2) is 29.2 Å². The zero-order chi connectivity index (χ0) is 15.9. The lowest BCUT2D eigenvalue weighted by Crippen LogP contribution is -2.39. The van der Waals surface area contributed by atoms with E-state index in [1.54, 1.807) is 4.90 Å². The Labute approximate surface area is 135 Å². The van der Waals surface area contributed by atoms with Crippen LogP contribution in [-0.2, 0) is 9.59 Å². The zero-order valence-electron chi connectivity index (χ0n) is 12.7. The number of para-hydroxylation sites is 1. The summed E-state index contributed by atoms with van der Waals surface area (Å²) in [6.45, 7) is 2.96. The molecule has 2 N–H and O–H groups in total. The van der Waals surface area contributed by atoms with Crippen LogP contribution in [0.1, 0.15) is 26.2 Å². The maximum absolute atomic E-state index is 12.4. The number of anilines is 1. The molecule has 120 valence electrons. The van der Waals surface area contributed by atoms with Gasteiger partial charge in [-0.25, -0.2) is 0 Å². The summed E-state index contributed by atoms with van der Waals surface area (Å²) in [6.07, 6.45) is 2.05. The van der Waals surface area contributed by atoms with Gasteiger partial charge in [-0.1, -0.05) is 25.5 Å². The summed E-state index contributed by atoms with van der Waals surface area (Å²) in [5, 5.41) is 11.5. The fraction of sp³-hybridized carbons (Fsp3) is 0.500. The molecular formula is C16H22N2O3S. The quantitative estimate of drug-likeness (QED) is 0.807. The van der Waals surface area contributed by atoms with Crippen LogP contribution in [0, 0.1) is 0 Å². The molecule has 2 amide bonds. The maximum atomic E-state index is 12.4. The summed E-state index contributed by atoms with van der Waals surface area (Å²) in [4.78, 5) is 27.2. The number of benzene rings is 1. The van der Waals surface area contributed by atoms with Crippen LogP contribution in [0.2, 0.25) is 0 Å². The lowest BCUT2D eigenvalue weighted by molar-refractivity contribution is -0.133. The van der Waals surface area contributed by atoms with E-state index in [4.69, 9.17) is 5.11 Å². The highest BCUT2D eigenvalue weighted by Gasteiger charge is 2.30. The number of unbranched alkanes of at least 4 members (excludes halogenated alkanes) is 1. The number of rotatable bonds is 7. The fourth-order valence-corrected chi connectivity index (χ4v) is 3.45. The first-order valence-electron chi connectivity index (χ1n) is 7.61. The van der Waals surface area contributed by atoms with Gasteiger partial charge in [0, 0.05) is 24.4 Å². The highest BCUT2D eigenvalue weighted by Crippen LogP contribution is 2.36. The molecule has 1 aliphatic heterocycles. The number of thioether (sulfide) groups is 1. The van der Waals surface area contributed by atoms with Crippen molar-refractivity contribution in [2.24, 2.45) is 0 Å². The summed E-state index contributed by atoms with van der Waals surface area (Å²) in [6, 6.07) is 7.59. The second-order valence-corrected chi connectivity index (χ2v) is 6.50. The average molecular weight is 322 g/mol. The second kappa shape index (κ2) is 8.19. The van der Waals surface area contributed by atoms with E-state index in [0.29, 0.717) is 13.1 Å². The van der Waals surface area contributed by atoms with Gasteiger partial charge in [0.15, 0.2) is 0 Å². The molecule has 1 atom stereocenters. The molecule has 1 aliphatic rings. The normalized spacial score (nSPS) is 16.8. The van der Waals surface area contributed by atoms with Gasteiger partial charge >= 0.3 is 0 Å². The van der Waals surface area contributed by atoms with Gasteiger partial charge in [0.05, 0.1) is 17.5 Å². The first kappa shape index (κ1) is 16.8. The Balaban J connectivity index is 2.00. The van der Waals surface area contributed by atoms with Crippen LogP contribution in [0.4, 0.5) is 5.69 Å². The van der Waals surface area contributed by atoms with Gasteiger partial charge < -0.3 is 15.3 Å². The minimum Gasteiger partial charge on any atom is -0.395 e. The van der Waals surface area contributed by atoms with Crippen molar-refractivity contribution < 1.29 is 14.7 Å². The number of carbonyl (C=O) groups excluding carboxylic acids is 2. The first-order chi connectivity index (χ1) is 10.7. The van der Waals surface area contributed by atoms with Gasteiger partial charge in [0.25, 0.3) is 0 Å². The third kappa shape index (κ3) is 4.24. The average Bonchev–Trinajstić information content (AvgIpc) is 2.52. The Morgan fingerprint density at radius 3 is 2.86 bits per heavy atom. The number of nitrogens with one attached hydrogen (secondary N) is 1. The molecular weight excluding hydrogens is 300 g/mol. The van der Waals surface area contributed by atoms with Crippen molar-refractivity contribution in [3.8, 4) is 0 Å². The van der Waals surface area contributed by atoms with Crippen LogP contribution in [-0.4, -0.2) is 46.8 Å². The van der Waals surface area contributed by atoms with Crippen molar-refractivity contribution in [2.45, 2.75) is 36.3 Å². The molecule has 0 saturated carbocycles. The topological polar surface area (TPSA) is 69.6 Å². The molecule has 6 heteroatoms. The minimum atomic E-state index is -0.412. The molecule has 0 aliphatic carbocycles. The molecule has 0 saturated heterocycles. The van der Waals surface area contributed by atoms with Gasteiger partial charge in [0.1, 0.15) is 0 Å². The lowest BCUT2D eigenvalue weighted by Gasteiger charge is -2.27. The summed E-state index contributed by atoms with van der Waals surface area (Å²) < 4.78 is 0. The van der Waals surface area contributed by atoms with E-state index in [-0.39, 0.29) is 24.8 Å². The van der Waals surface area contributed by atoms with Crippen LogP contribution < -0.4 is 5.32 Å². The fourth-order valence-electron chi connectivity index (χ4n) is 2.35. The van der Waals surface area contributed by atoms with Gasteiger partial charge in [-0.05, 0) is 18.6 Å². The van der Waals surface area contributed by atoms with Crippen molar-refractivity contribution in [1.29, 1.82) is 0 Å². The minimum absolute atomic E-state index is 0.0533. The van der Waals surface area contributed by atoms with E-state index in [1.807, 2.05) is 24.3 Å². The first-order valence-corrected chi connectivity index (χ1v) is 8.48. The summed E-state index contributed by atoms with van der Waals surface area (Å²) in [5.41, 5.74) is 0.805. The van der Waals surface area contributed by atoms with Crippen molar-refractivity contribution in [3.05, 3.63) is 24.3 Å². The molecule has 0 aromatic heterocycles. The van der Waals surface area contributed by atoms with Crippen molar-refractivity contribution in [2.75, 3.05) is 25.0 Å². The van der Waals surface area contributed by atoms with Crippen molar-refractivity contribution >= 4 is 29.3 Å². The molecule has 0 bridgehead atoms. The molecule has 0 fully saturated rings. The van der Waals surface area contributed by atoms with Crippen LogP contribution in [0.5, 0.6) is 0 Å². The molecule has 1 unspecified atom stereocenters. The van der Waals surface area contributed by atoms with Gasteiger partial charge in [-0.15, -0.1) is 11.8 Å². The van der Waals surface area contributed by atoms with Crippen molar-refractivity contribution in [3.63, 3.8) is 0 Å². The highest BCUT2D eigenvalue weighted by molar-refractivity contribution is 8.01. The Bertz CT molecular complexity index is 536. The Kier molecular flexibility index (Phi) is 6.27. The molecule has 22 heavy (non-hydrogen) atoms. The molecule has 5 nitrogen and oxygen atoms in total. The van der Waals surface area contributed by atoms with Gasteiger partial charge in [-0.3, -0.25) is 9.59 Å². The van der Waals surface area contributed by atoms with E-state index < -0.39 is 5.25 Å². The largest absolute Gasteiger partial charge is 0.395 e. The number of aliphatic hydroxyl groups excluding tert-OH is 1. The SMILES string of the molecule is CCCCN(CCO)C(=O)CC1Sc2ccccc2NC1=O. The number of carbonyl (C=O) groups is 2. The van der Waals surface area contributed by atoms with Crippen LogP contribution >= 0.6 is 11.8 Å². The number of hydrogen-bond acceptors (Lipinski definition) is 4. The molecule has 1 aromatic rings. The predicted octanol–water partition coefficient (Wildman–Crippen LogP) is 2.11. The monoisotopic (exact) mass is 322 g/mol. The van der Waals surface area contributed by atoms with E-state index in [9.17, 15) is 9.59 Å². The Morgan fingerprint density at radius 1 is 1.36 bits per heavy atom. The second-order valence-electron chi connectivity index (χ2n) is 5.25. The number of nitrogens with zero attached hydrogens (tertiary/aromatic N) is 1. The molecule has 1 heterocycles. The Hall–Kier alpha value is -1.53. The number of hydrogen-bond donors (Lipinski definition) is 2. The summed E-state index contributed by atoms with van der Waals surface area (Å²) >= 11 is 1.43. The van der Waals surface area contributed by atoms with Crippen molar-refractivity contribution in [1.82, 2.24) is 4.90 Å².